The summed E-state index contributed by atoms with van der Waals surface area (Å²) in [5, 5.41) is 2.35. The first-order chi connectivity index (χ1) is 13.7. The normalized spacial score (nSPS) is 12.4. The molecule has 0 aliphatic rings. The van der Waals surface area contributed by atoms with Crippen molar-refractivity contribution in [3.05, 3.63) is 65.7 Å². The van der Waals surface area contributed by atoms with Crippen LogP contribution < -0.4 is 5.32 Å². The van der Waals surface area contributed by atoms with Crippen LogP contribution in [0.1, 0.15) is 15.9 Å². The molecule has 2 aromatic rings. The third-order valence-electron chi connectivity index (χ3n) is 3.68. The first-order valence-corrected chi connectivity index (χ1v) is 10.7. The average Bonchev–Trinajstić information content (AvgIpc) is 2.70. The zero-order valence-corrected chi connectivity index (χ0v) is 17.7. The van der Waals surface area contributed by atoms with Crippen molar-refractivity contribution in [1.29, 1.82) is 0 Å². The number of hydrogen-bond donors (Lipinski definition) is 1. The summed E-state index contributed by atoms with van der Waals surface area (Å²) in [5.41, 5.74) is 1.16. The molecule has 0 radical (unpaired) electrons. The SMILES string of the molecule is Cc1ccc(S(=O)(=O)OC(CNC(=O)C(Cl)Cl)COC(=O)c2ccccc2)cc1. The maximum Gasteiger partial charge on any atom is 0.338 e. The van der Waals surface area contributed by atoms with Gasteiger partial charge in [0, 0.05) is 6.54 Å². The molecule has 0 spiro atoms. The number of carbonyl (C=O) groups is 2. The third-order valence-corrected chi connectivity index (χ3v) is 5.46. The van der Waals surface area contributed by atoms with Crippen molar-refractivity contribution in [1.82, 2.24) is 5.32 Å². The Morgan fingerprint density at radius 1 is 1.03 bits per heavy atom. The molecular weight excluding hydrogens is 441 g/mol. The van der Waals surface area contributed by atoms with E-state index < -0.39 is 39.5 Å². The molecule has 1 unspecified atom stereocenters. The van der Waals surface area contributed by atoms with Gasteiger partial charge in [0.05, 0.1) is 10.5 Å². The zero-order chi connectivity index (χ0) is 21.4. The van der Waals surface area contributed by atoms with E-state index in [-0.39, 0.29) is 11.4 Å². The third kappa shape index (κ3) is 7.32. The van der Waals surface area contributed by atoms with E-state index in [4.69, 9.17) is 32.1 Å². The fraction of sp³-hybridized carbons (Fsp3) is 0.263. The van der Waals surface area contributed by atoms with Gasteiger partial charge in [-0.25, -0.2) is 4.79 Å². The van der Waals surface area contributed by atoms with Crippen LogP contribution in [0, 0.1) is 6.92 Å². The summed E-state index contributed by atoms with van der Waals surface area (Å²) in [7, 11) is -4.17. The molecule has 29 heavy (non-hydrogen) atoms. The molecule has 1 amide bonds. The molecule has 2 aromatic carbocycles. The Labute approximate surface area is 179 Å². The lowest BCUT2D eigenvalue weighted by atomic mass is 10.2. The van der Waals surface area contributed by atoms with Gasteiger partial charge in [-0.3, -0.25) is 8.98 Å². The van der Waals surface area contributed by atoms with Crippen LogP contribution in [0.2, 0.25) is 0 Å². The highest BCUT2D eigenvalue weighted by molar-refractivity contribution is 7.86. The molecule has 1 N–H and O–H groups in total. The van der Waals surface area contributed by atoms with Crippen LogP contribution in [-0.4, -0.2) is 44.4 Å². The highest BCUT2D eigenvalue weighted by atomic mass is 35.5. The van der Waals surface area contributed by atoms with Crippen molar-refractivity contribution in [2.24, 2.45) is 0 Å². The number of aryl methyl sites for hydroxylation is 1. The molecule has 0 saturated carbocycles. The fourth-order valence-electron chi connectivity index (χ4n) is 2.18. The number of carbonyl (C=O) groups excluding carboxylic acids is 2. The molecule has 0 aliphatic heterocycles. The van der Waals surface area contributed by atoms with Crippen LogP contribution >= 0.6 is 23.2 Å². The van der Waals surface area contributed by atoms with E-state index in [0.717, 1.165) is 5.56 Å². The molecule has 10 heteroatoms. The van der Waals surface area contributed by atoms with E-state index in [1.807, 2.05) is 6.92 Å². The number of ether oxygens (including phenoxy) is 1. The number of benzene rings is 2. The molecule has 156 valence electrons. The Bertz CT molecular complexity index is 933. The van der Waals surface area contributed by atoms with Crippen molar-refractivity contribution in [3.63, 3.8) is 0 Å². The van der Waals surface area contributed by atoms with E-state index in [1.54, 1.807) is 42.5 Å². The van der Waals surface area contributed by atoms with E-state index in [0.29, 0.717) is 5.56 Å². The standard InChI is InChI=1S/C19H19Cl2NO6S/c1-13-7-9-16(10-8-13)29(25,26)28-15(11-22-18(23)17(20)21)12-27-19(24)14-5-3-2-4-6-14/h2-10,15,17H,11-12H2,1H3,(H,22,23). The van der Waals surface area contributed by atoms with Gasteiger partial charge in [0.2, 0.25) is 0 Å². The molecular formula is C19H19Cl2NO6S. The van der Waals surface area contributed by atoms with Crippen LogP contribution in [0.4, 0.5) is 0 Å². The number of alkyl halides is 2. The van der Waals surface area contributed by atoms with E-state index >= 15 is 0 Å². The van der Waals surface area contributed by atoms with Crippen molar-refractivity contribution >= 4 is 45.2 Å². The zero-order valence-electron chi connectivity index (χ0n) is 15.4. The van der Waals surface area contributed by atoms with Gasteiger partial charge in [-0.2, -0.15) is 8.42 Å². The topological polar surface area (TPSA) is 98.8 Å². The Morgan fingerprint density at radius 2 is 1.66 bits per heavy atom. The van der Waals surface area contributed by atoms with Gasteiger partial charge < -0.3 is 10.1 Å². The van der Waals surface area contributed by atoms with Gasteiger partial charge in [-0.15, -0.1) is 0 Å². The fourth-order valence-corrected chi connectivity index (χ4v) is 3.39. The maximum absolute atomic E-state index is 12.5. The Balaban J connectivity index is 2.10. The summed E-state index contributed by atoms with van der Waals surface area (Å²) in [6, 6.07) is 14.2. The number of nitrogens with one attached hydrogen (secondary N) is 1. The van der Waals surface area contributed by atoms with E-state index in [2.05, 4.69) is 5.32 Å². The van der Waals surface area contributed by atoms with E-state index in [1.165, 1.54) is 12.1 Å². The van der Waals surface area contributed by atoms with E-state index in [9.17, 15) is 18.0 Å². The lowest BCUT2D eigenvalue weighted by Crippen LogP contribution is -2.40. The largest absolute Gasteiger partial charge is 0.459 e. The summed E-state index contributed by atoms with van der Waals surface area (Å²) in [4.78, 5) is 22.3. The second kappa shape index (κ2) is 10.6. The molecule has 0 aliphatic carbocycles. The first-order valence-electron chi connectivity index (χ1n) is 8.47. The van der Waals surface area contributed by atoms with Crippen molar-refractivity contribution in [2.45, 2.75) is 22.8 Å². The molecule has 0 heterocycles. The highest BCUT2D eigenvalue weighted by Crippen LogP contribution is 2.16. The molecule has 0 saturated heterocycles. The first kappa shape index (κ1) is 23.2. The number of esters is 1. The van der Waals surface area contributed by atoms with Gasteiger partial charge in [-0.05, 0) is 31.2 Å². The lowest BCUT2D eigenvalue weighted by Gasteiger charge is -2.18. The monoisotopic (exact) mass is 459 g/mol. The minimum absolute atomic E-state index is 0.0682. The minimum atomic E-state index is -4.17. The molecule has 0 bridgehead atoms. The summed E-state index contributed by atoms with van der Waals surface area (Å²) in [6.07, 6.45) is -1.19. The molecule has 7 nitrogen and oxygen atoms in total. The second-order valence-electron chi connectivity index (χ2n) is 6.00. The Morgan fingerprint density at radius 3 is 2.24 bits per heavy atom. The molecule has 0 aromatic heterocycles. The second-order valence-corrected chi connectivity index (χ2v) is 8.66. The molecule has 0 fully saturated rings. The summed E-state index contributed by atoms with van der Waals surface area (Å²) in [5.74, 6) is -1.39. The Kier molecular flexibility index (Phi) is 8.45. The quantitative estimate of drug-likeness (QED) is 0.351. The number of amides is 1. The minimum Gasteiger partial charge on any atom is -0.459 e. The molecule has 2 rings (SSSR count). The summed E-state index contributed by atoms with van der Waals surface area (Å²) < 4.78 is 35.4. The van der Waals surface area contributed by atoms with Crippen molar-refractivity contribution < 1.29 is 26.9 Å². The van der Waals surface area contributed by atoms with Gasteiger partial charge >= 0.3 is 5.97 Å². The van der Waals surface area contributed by atoms with Crippen LogP contribution in [0.15, 0.2) is 59.5 Å². The van der Waals surface area contributed by atoms with Crippen molar-refractivity contribution in [2.75, 3.05) is 13.2 Å². The smallest absolute Gasteiger partial charge is 0.338 e. The van der Waals surface area contributed by atoms with Crippen LogP contribution in [0.25, 0.3) is 0 Å². The van der Waals surface area contributed by atoms with Crippen LogP contribution in [-0.2, 0) is 23.8 Å². The average molecular weight is 460 g/mol. The van der Waals surface area contributed by atoms with Gasteiger partial charge in [0.15, 0.2) is 4.84 Å². The number of halogens is 2. The predicted octanol–water partition coefficient (Wildman–Crippen LogP) is 2.85. The Hall–Kier alpha value is -2.13. The summed E-state index contributed by atoms with van der Waals surface area (Å²) >= 11 is 10.9. The van der Waals surface area contributed by atoms with Crippen LogP contribution in [0.3, 0.4) is 0 Å². The van der Waals surface area contributed by atoms with Crippen LogP contribution in [0.5, 0.6) is 0 Å². The van der Waals surface area contributed by atoms with Crippen molar-refractivity contribution in [3.8, 4) is 0 Å². The number of hydrogen-bond acceptors (Lipinski definition) is 6. The maximum atomic E-state index is 12.5. The van der Waals surface area contributed by atoms with Gasteiger partial charge in [-0.1, -0.05) is 59.1 Å². The molecule has 1 atom stereocenters. The highest BCUT2D eigenvalue weighted by Gasteiger charge is 2.25. The van der Waals surface area contributed by atoms with Gasteiger partial charge in [0.25, 0.3) is 16.0 Å². The summed E-state index contributed by atoms with van der Waals surface area (Å²) in [6.45, 7) is 1.10. The lowest BCUT2D eigenvalue weighted by molar-refractivity contribution is -0.119. The predicted molar refractivity (Wildman–Crippen MR) is 108 cm³/mol. The number of rotatable bonds is 9. The van der Waals surface area contributed by atoms with Gasteiger partial charge in [0.1, 0.15) is 12.7 Å².